The summed E-state index contributed by atoms with van der Waals surface area (Å²) in [4.78, 5) is 16.0. The zero-order valence-corrected chi connectivity index (χ0v) is 12.7. The van der Waals surface area contributed by atoms with Crippen LogP contribution >= 0.6 is 0 Å². The molecule has 2 atom stereocenters. The zero-order valence-electron chi connectivity index (χ0n) is 11.9. The van der Waals surface area contributed by atoms with Gasteiger partial charge in [0.25, 0.3) is 5.91 Å². The van der Waals surface area contributed by atoms with E-state index < -0.39 is 16.6 Å². The predicted molar refractivity (Wildman–Crippen MR) is 78.8 cm³/mol. The highest BCUT2D eigenvalue weighted by molar-refractivity contribution is 7.84. The number of anilines is 1. The molecule has 0 saturated carbocycles. The number of nitrogens with zero attached hydrogens (tertiary/aromatic N) is 1. The van der Waals surface area contributed by atoms with Gasteiger partial charge in [0.2, 0.25) is 0 Å². The third-order valence-electron chi connectivity index (χ3n) is 2.66. The van der Waals surface area contributed by atoms with Gasteiger partial charge in [-0.05, 0) is 26.3 Å². The van der Waals surface area contributed by atoms with Crippen LogP contribution in [-0.4, -0.2) is 39.7 Å². The van der Waals surface area contributed by atoms with E-state index in [2.05, 4.69) is 15.6 Å². The first kappa shape index (κ1) is 16.6. The van der Waals surface area contributed by atoms with Crippen LogP contribution in [0.15, 0.2) is 12.3 Å². The fourth-order valence-electron chi connectivity index (χ4n) is 1.64. The summed E-state index contributed by atoms with van der Waals surface area (Å²) in [6, 6.07) is 1.02. The van der Waals surface area contributed by atoms with Crippen molar-refractivity contribution in [1.82, 2.24) is 10.3 Å². The first-order valence-electron chi connectivity index (χ1n) is 6.44. The van der Waals surface area contributed by atoms with Crippen molar-refractivity contribution in [3.05, 3.63) is 23.6 Å². The molecular formula is C13H20FN3O2S. The lowest BCUT2D eigenvalue weighted by Crippen LogP contribution is -2.34. The third kappa shape index (κ3) is 5.24. The van der Waals surface area contributed by atoms with Crippen LogP contribution in [0.1, 0.15) is 30.6 Å². The molecule has 1 aromatic rings. The van der Waals surface area contributed by atoms with Gasteiger partial charge in [0.05, 0.1) is 11.8 Å². The number of carbonyl (C=O) groups excluding carboxylic acids is 1. The topological polar surface area (TPSA) is 71.1 Å². The maximum Gasteiger partial charge on any atom is 0.255 e. The molecule has 1 aromatic heterocycles. The van der Waals surface area contributed by atoms with Gasteiger partial charge in [-0.25, -0.2) is 9.37 Å². The highest BCUT2D eigenvalue weighted by atomic mass is 32.2. The Morgan fingerprint density at radius 1 is 1.55 bits per heavy atom. The number of carbonyl (C=O) groups is 1. The summed E-state index contributed by atoms with van der Waals surface area (Å²) in [5, 5.41) is 5.68. The summed E-state index contributed by atoms with van der Waals surface area (Å²) in [6.07, 6.45) is 3.29. The van der Waals surface area contributed by atoms with Crippen molar-refractivity contribution in [2.24, 2.45) is 0 Å². The van der Waals surface area contributed by atoms with Crippen LogP contribution in [0.4, 0.5) is 10.2 Å². The van der Waals surface area contributed by atoms with Crippen molar-refractivity contribution in [2.45, 2.75) is 26.3 Å². The maximum atomic E-state index is 13.2. The molecule has 5 nitrogen and oxygen atoms in total. The van der Waals surface area contributed by atoms with Crippen LogP contribution in [0.5, 0.6) is 0 Å². The molecular weight excluding hydrogens is 281 g/mol. The molecule has 1 heterocycles. The molecule has 0 saturated heterocycles. The highest BCUT2D eigenvalue weighted by Gasteiger charge is 2.16. The van der Waals surface area contributed by atoms with Gasteiger partial charge in [0, 0.05) is 35.4 Å². The van der Waals surface area contributed by atoms with E-state index in [1.165, 1.54) is 0 Å². The smallest absolute Gasteiger partial charge is 0.255 e. The number of rotatable bonds is 7. The molecule has 7 heteroatoms. The summed E-state index contributed by atoms with van der Waals surface area (Å²) in [5.41, 5.74) is 0.177. The van der Waals surface area contributed by atoms with Crippen LogP contribution < -0.4 is 10.6 Å². The van der Waals surface area contributed by atoms with Gasteiger partial charge in [-0.1, -0.05) is 0 Å². The van der Waals surface area contributed by atoms with Gasteiger partial charge in [-0.2, -0.15) is 0 Å². The Hall–Kier alpha value is -1.50. The van der Waals surface area contributed by atoms with Crippen molar-refractivity contribution < 1.29 is 13.4 Å². The van der Waals surface area contributed by atoms with Gasteiger partial charge in [-0.3, -0.25) is 9.00 Å². The number of nitrogens with one attached hydrogen (secondary N) is 2. The second-order valence-corrected chi connectivity index (χ2v) is 6.08. The van der Waals surface area contributed by atoms with Gasteiger partial charge >= 0.3 is 0 Å². The van der Waals surface area contributed by atoms with Crippen molar-refractivity contribution in [1.29, 1.82) is 0 Å². The lowest BCUT2D eigenvalue weighted by Gasteiger charge is -2.15. The number of halogens is 1. The molecule has 0 bridgehead atoms. The van der Waals surface area contributed by atoms with E-state index >= 15 is 0 Å². The lowest BCUT2D eigenvalue weighted by atomic mass is 10.2. The predicted octanol–water partition coefficient (Wildman–Crippen LogP) is 1.54. The standard InChI is InChI=1S/C13H20FN3O2S/c1-4-15-12-11(7-10(14)8-16-12)13(18)17-9(2)5-6-20(3)19/h7-9H,4-6H2,1-3H3,(H,15,16)(H,17,18). The molecule has 0 fully saturated rings. The summed E-state index contributed by atoms with van der Waals surface area (Å²) >= 11 is 0. The first-order chi connectivity index (χ1) is 9.43. The highest BCUT2D eigenvalue weighted by Crippen LogP contribution is 2.13. The van der Waals surface area contributed by atoms with Crippen molar-refractivity contribution in [2.75, 3.05) is 23.9 Å². The molecule has 0 aliphatic rings. The molecule has 2 N–H and O–H groups in total. The molecule has 1 rings (SSSR count). The zero-order chi connectivity index (χ0) is 15.1. The van der Waals surface area contributed by atoms with Crippen LogP contribution in [0.25, 0.3) is 0 Å². The molecule has 1 amide bonds. The minimum absolute atomic E-state index is 0.135. The van der Waals surface area contributed by atoms with Crippen molar-refractivity contribution in [3.8, 4) is 0 Å². The number of hydrogen-bond acceptors (Lipinski definition) is 4. The monoisotopic (exact) mass is 301 g/mol. The van der Waals surface area contributed by atoms with E-state index in [-0.39, 0.29) is 17.5 Å². The molecule has 20 heavy (non-hydrogen) atoms. The van der Waals surface area contributed by atoms with E-state index in [9.17, 15) is 13.4 Å². The van der Waals surface area contributed by atoms with Crippen LogP contribution in [0.3, 0.4) is 0 Å². The number of hydrogen-bond donors (Lipinski definition) is 2. The summed E-state index contributed by atoms with van der Waals surface area (Å²) < 4.78 is 24.2. The Morgan fingerprint density at radius 3 is 2.85 bits per heavy atom. The summed E-state index contributed by atoms with van der Waals surface area (Å²) in [7, 11) is -0.893. The third-order valence-corrected chi connectivity index (χ3v) is 3.47. The number of pyridine rings is 1. The van der Waals surface area contributed by atoms with Crippen LogP contribution in [0.2, 0.25) is 0 Å². The molecule has 0 radical (unpaired) electrons. The Labute approximate surface area is 120 Å². The Bertz CT molecular complexity index is 497. The second-order valence-electron chi connectivity index (χ2n) is 4.52. The van der Waals surface area contributed by atoms with E-state index in [4.69, 9.17) is 0 Å². The van der Waals surface area contributed by atoms with Gasteiger partial charge in [-0.15, -0.1) is 0 Å². The van der Waals surface area contributed by atoms with Gasteiger partial charge in [0.15, 0.2) is 0 Å². The Kier molecular flexibility index (Phi) is 6.57. The number of amides is 1. The Morgan fingerprint density at radius 2 is 2.25 bits per heavy atom. The minimum Gasteiger partial charge on any atom is -0.370 e. The first-order valence-corrected chi connectivity index (χ1v) is 8.17. The van der Waals surface area contributed by atoms with E-state index in [1.807, 2.05) is 13.8 Å². The maximum absolute atomic E-state index is 13.2. The molecule has 0 spiro atoms. The quantitative estimate of drug-likeness (QED) is 0.801. The van der Waals surface area contributed by atoms with Crippen LogP contribution in [-0.2, 0) is 10.8 Å². The average molecular weight is 301 g/mol. The van der Waals surface area contributed by atoms with Crippen molar-refractivity contribution in [3.63, 3.8) is 0 Å². The fourth-order valence-corrected chi connectivity index (χ4v) is 2.32. The molecule has 0 aromatic carbocycles. The average Bonchev–Trinajstić information content (AvgIpc) is 2.38. The van der Waals surface area contributed by atoms with E-state index in [0.717, 1.165) is 12.3 Å². The second kappa shape index (κ2) is 7.94. The SMILES string of the molecule is CCNc1ncc(F)cc1C(=O)NC(C)CCS(C)=O. The molecule has 2 unspecified atom stereocenters. The van der Waals surface area contributed by atoms with E-state index in [0.29, 0.717) is 24.5 Å². The molecule has 0 aliphatic heterocycles. The molecule has 0 aliphatic carbocycles. The van der Waals surface area contributed by atoms with Gasteiger partial charge in [0.1, 0.15) is 11.6 Å². The van der Waals surface area contributed by atoms with Crippen LogP contribution in [0, 0.1) is 5.82 Å². The lowest BCUT2D eigenvalue weighted by molar-refractivity contribution is 0.0939. The summed E-state index contributed by atoms with van der Waals surface area (Å²) in [6.45, 7) is 4.28. The van der Waals surface area contributed by atoms with E-state index in [1.54, 1.807) is 6.26 Å². The summed E-state index contributed by atoms with van der Waals surface area (Å²) in [5.74, 6) is -0.0674. The fraction of sp³-hybridized carbons (Fsp3) is 0.538. The normalized spacial score (nSPS) is 13.6. The Balaban J connectivity index is 2.75. The number of aromatic nitrogens is 1. The van der Waals surface area contributed by atoms with Crippen molar-refractivity contribution >= 4 is 22.5 Å². The largest absolute Gasteiger partial charge is 0.370 e. The molecule has 112 valence electrons. The van der Waals surface area contributed by atoms with Gasteiger partial charge < -0.3 is 10.6 Å². The minimum atomic E-state index is -0.893.